The third-order valence-electron chi connectivity index (χ3n) is 4.72. The molecule has 1 aromatic carbocycles. The van der Waals surface area contributed by atoms with Crippen LogP contribution in [-0.2, 0) is 11.8 Å². The topological polar surface area (TPSA) is 44.5 Å². The first-order valence-electron chi connectivity index (χ1n) is 7.66. The molecule has 0 atom stereocenters. The maximum absolute atomic E-state index is 6.18. The second kappa shape index (κ2) is 6.49. The molecule has 0 saturated heterocycles. The number of hydrogen-bond donors (Lipinski definition) is 1. The second-order valence-electron chi connectivity index (χ2n) is 5.78. The molecule has 1 saturated carbocycles. The van der Waals surface area contributed by atoms with Gasteiger partial charge in [-0.05, 0) is 30.9 Å². The van der Waals surface area contributed by atoms with Crippen LogP contribution in [0.15, 0.2) is 12.1 Å². The minimum atomic E-state index is 0.0576. The first kappa shape index (κ1) is 15.2. The first-order chi connectivity index (χ1) is 9.70. The van der Waals surface area contributed by atoms with Crippen LogP contribution in [0.4, 0.5) is 0 Å². The molecule has 0 spiro atoms. The average Bonchev–Trinajstić information content (AvgIpc) is 2.53. The molecule has 1 aromatic rings. The Hall–Kier alpha value is -1.22. The van der Waals surface area contributed by atoms with E-state index in [4.69, 9.17) is 15.2 Å². The van der Waals surface area contributed by atoms with E-state index >= 15 is 0 Å². The van der Waals surface area contributed by atoms with Gasteiger partial charge in [0, 0.05) is 17.5 Å². The summed E-state index contributed by atoms with van der Waals surface area (Å²) in [5, 5.41) is 0. The number of benzene rings is 1. The molecule has 1 aliphatic rings. The SMILES string of the molecule is CCc1cc(OC)c(OC)c(C2(CN)CCCCC2)c1. The summed E-state index contributed by atoms with van der Waals surface area (Å²) in [5.74, 6) is 1.71. The fraction of sp³-hybridized carbons (Fsp3) is 0.647. The number of hydrogen-bond acceptors (Lipinski definition) is 3. The van der Waals surface area contributed by atoms with Crippen molar-refractivity contribution in [1.29, 1.82) is 0 Å². The zero-order chi connectivity index (χ0) is 14.6. The van der Waals surface area contributed by atoms with Gasteiger partial charge in [-0.3, -0.25) is 0 Å². The lowest BCUT2D eigenvalue weighted by Gasteiger charge is -2.38. The van der Waals surface area contributed by atoms with Crippen molar-refractivity contribution in [3.8, 4) is 11.5 Å². The predicted octanol–water partition coefficient (Wildman–Crippen LogP) is 3.43. The van der Waals surface area contributed by atoms with Crippen LogP contribution in [0.25, 0.3) is 0 Å². The summed E-state index contributed by atoms with van der Waals surface area (Å²) in [6, 6.07) is 4.36. The monoisotopic (exact) mass is 277 g/mol. The molecule has 0 amide bonds. The Kier molecular flexibility index (Phi) is 4.92. The Morgan fingerprint density at radius 1 is 1.10 bits per heavy atom. The van der Waals surface area contributed by atoms with Gasteiger partial charge in [-0.15, -0.1) is 0 Å². The average molecular weight is 277 g/mol. The lowest BCUT2D eigenvalue weighted by molar-refractivity contribution is 0.281. The van der Waals surface area contributed by atoms with Gasteiger partial charge in [0.1, 0.15) is 0 Å². The van der Waals surface area contributed by atoms with Crippen LogP contribution in [0.2, 0.25) is 0 Å². The highest BCUT2D eigenvalue weighted by Crippen LogP contribution is 2.46. The van der Waals surface area contributed by atoms with Gasteiger partial charge >= 0.3 is 0 Å². The summed E-state index contributed by atoms with van der Waals surface area (Å²) in [7, 11) is 3.43. The van der Waals surface area contributed by atoms with E-state index < -0.39 is 0 Å². The van der Waals surface area contributed by atoms with Crippen molar-refractivity contribution < 1.29 is 9.47 Å². The lowest BCUT2D eigenvalue weighted by atomic mass is 9.68. The van der Waals surface area contributed by atoms with E-state index in [1.165, 1.54) is 30.4 Å². The van der Waals surface area contributed by atoms with E-state index in [0.29, 0.717) is 6.54 Å². The molecular formula is C17H27NO2. The van der Waals surface area contributed by atoms with E-state index in [0.717, 1.165) is 30.8 Å². The fourth-order valence-electron chi connectivity index (χ4n) is 3.43. The van der Waals surface area contributed by atoms with Crippen LogP contribution < -0.4 is 15.2 Å². The highest BCUT2D eigenvalue weighted by molar-refractivity contribution is 5.53. The third kappa shape index (κ3) is 2.64. The third-order valence-corrected chi connectivity index (χ3v) is 4.72. The molecule has 3 nitrogen and oxygen atoms in total. The summed E-state index contributed by atoms with van der Waals surface area (Å²) in [5.41, 5.74) is 8.77. The zero-order valence-electron chi connectivity index (χ0n) is 13.0. The quantitative estimate of drug-likeness (QED) is 0.897. The standard InChI is InChI=1S/C17H27NO2/c1-4-13-10-14(16(20-3)15(11-13)19-2)17(12-18)8-6-5-7-9-17/h10-11H,4-9,12,18H2,1-3H3. The summed E-state index contributed by atoms with van der Waals surface area (Å²) in [4.78, 5) is 0. The van der Waals surface area contributed by atoms with Crippen molar-refractivity contribution in [1.82, 2.24) is 0 Å². The molecule has 0 radical (unpaired) electrons. The highest BCUT2D eigenvalue weighted by Gasteiger charge is 2.36. The lowest BCUT2D eigenvalue weighted by Crippen LogP contribution is -2.37. The van der Waals surface area contributed by atoms with Crippen molar-refractivity contribution in [2.24, 2.45) is 5.73 Å². The number of ether oxygens (including phenoxy) is 2. The summed E-state index contributed by atoms with van der Waals surface area (Å²) < 4.78 is 11.2. The van der Waals surface area contributed by atoms with Crippen molar-refractivity contribution in [2.45, 2.75) is 50.9 Å². The summed E-state index contributed by atoms with van der Waals surface area (Å²) >= 11 is 0. The van der Waals surface area contributed by atoms with E-state index in [1.54, 1.807) is 14.2 Å². The van der Waals surface area contributed by atoms with Crippen LogP contribution >= 0.6 is 0 Å². The minimum Gasteiger partial charge on any atom is -0.493 e. The molecule has 0 bridgehead atoms. The summed E-state index contributed by atoms with van der Waals surface area (Å²) in [6.45, 7) is 2.85. The van der Waals surface area contributed by atoms with Crippen molar-refractivity contribution >= 4 is 0 Å². The number of rotatable bonds is 5. The maximum atomic E-state index is 6.18. The van der Waals surface area contributed by atoms with E-state index in [2.05, 4.69) is 19.1 Å². The van der Waals surface area contributed by atoms with Gasteiger partial charge in [0.15, 0.2) is 11.5 Å². The normalized spacial score (nSPS) is 17.8. The fourth-order valence-corrected chi connectivity index (χ4v) is 3.43. The Balaban J connectivity index is 2.57. The molecule has 0 aromatic heterocycles. The van der Waals surface area contributed by atoms with Gasteiger partial charge in [0.2, 0.25) is 0 Å². The number of aryl methyl sites for hydroxylation is 1. The van der Waals surface area contributed by atoms with Gasteiger partial charge in [-0.25, -0.2) is 0 Å². The minimum absolute atomic E-state index is 0.0576. The molecule has 20 heavy (non-hydrogen) atoms. The van der Waals surface area contributed by atoms with Gasteiger partial charge in [0.05, 0.1) is 14.2 Å². The van der Waals surface area contributed by atoms with Gasteiger partial charge in [-0.1, -0.05) is 32.3 Å². The van der Waals surface area contributed by atoms with Crippen molar-refractivity contribution in [3.63, 3.8) is 0 Å². The second-order valence-corrected chi connectivity index (χ2v) is 5.78. The van der Waals surface area contributed by atoms with Crippen LogP contribution in [0.3, 0.4) is 0 Å². The van der Waals surface area contributed by atoms with Crippen LogP contribution in [-0.4, -0.2) is 20.8 Å². The molecular weight excluding hydrogens is 250 g/mol. The maximum Gasteiger partial charge on any atom is 0.164 e. The molecule has 1 aliphatic carbocycles. The smallest absolute Gasteiger partial charge is 0.164 e. The molecule has 2 rings (SSSR count). The Morgan fingerprint density at radius 3 is 2.30 bits per heavy atom. The van der Waals surface area contributed by atoms with Crippen molar-refractivity contribution in [3.05, 3.63) is 23.3 Å². The molecule has 0 heterocycles. The van der Waals surface area contributed by atoms with Crippen LogP contribution in [0.1, 0.15) is 50.2 Å². The van der Waals surface area contributed by atoms with Gasteiger partial charge in [0.25, 0.3) is 0 Å². The zero-order valence-corrected chi connectivity index (χ0v) is 13.0. The summed E-state index contributed by atoms with van der Waals surface area (Å²) in [6.07, 6.45) is 7.10. The Morgan fingerprint density at radius 2 is 1.80 bits per heavy atom. The van der Waals surface area contributed by atoms with Gasteiger partial charge < -0.3 is 15.2 Å². The van der Waals surface area contributed by atoms with E-state index in [1.807, 2.05) is 0 Å². The Bertz CT molecular complexity index is 451. The van der Waals surface area contributed by atoms with E-state index in [-0.39, 0.29) is 5.41 Å². The molecule has 2 N–H and O–H groups in total. The molecule has 112 valence electrons. The van der Waals surface area contributed by atoms with Crippen LogP contribution in [0, 0.1) is 0 Å². The van der Waals surface area contributed by atoms with Crippen LogP contribution in [0.5, 0.6) is 11.5 Å². The molecule has 0 unspecified atom stereocenters. The largest absolute Gasteiger partial charge is 0.493 e. The molecule has 3 heteroatoms. The number of methoxy groups -OCH3 is 2. The Labute approximate surface area is 122 Å². The highest BCUT2D eigenvalue weighted by atomic mass is 16.5. The van der Waals surface area contributed by atoms with Crippen molar-refractivity contribution in [2.75, 3.05) is 20.8 Å². The van der Waals surface area contributed by atoms with Gasteiger partial charge in [-0.2, -0.15) is 0 Å². The first-order valence-corrected chi connectivity index (χ1v) is 7.66. The predicted molar refractivity (Wildman–Crippen MR) is 82.7 cm³/mol. The molecule has 0 aliphatic heterocycles. The number of nitrogens with two attached hydrogens (primary N) is 1. The molecule has 1 fully saturated rings. The van der Waals surface area contributed by atoms with E-state index in [9.17, 15) is 0 Å².